The van der Waals surface area contributed by atoms with Crippen molar-refractivity contribution >= 4 is 28.7 Å². The molecule has 0 spiro atoms. The first kappa shape index (κ1) is 9.74. The molecule has 0 atom stereocenters. The van der Waals surface area contributed by atoms with Crippen molar-refractivity contribution in [3.8, 4) is 0 Å². The van der Waals surface area contributed by atoms with Gasteiger partial charge in [-0.3, -0.25) is 0 Å². The Morgan fingerprint density at radius 1 is 1.17 bits per heavy atom. The van der Waals surface area contributed by atoms with Crippen molar-refractivity contribution in [3.05, 3.63) is 0 Å². The first-order valence-corrected chi connectivity index (χ1v) is 3.45. The molecule has 2 nitrogen and oxygen atoms in total. The van der Waals surface area contributed by atoms with Gasteiger partial charge in [0.05, 0.1) is 0 Å². The van der Waals surface area contributed by atoms with Crippen LogP contribution in [0.25, 0.3) is 0 Å². The van der Waals surface area contributed by atoms with Gasteiger partial charge in [0, 0.05) is 12.5 Å². The van der Waals surface area contributed by atoms with Gasteiger partial charge in [-0.1, -0.05) is 0 Å². The number of hydrogen-bond acceptors (Lipinski definition) is 2. The average Bonchev–Trinajstić information content (AvgIpc) is 0.722. The van der Waals surface area contributed by atoms with Crippen LogP contribution in [0.3, 0.4) is 0 Å². The fraction of sp³-hybridized carbons (Fsp3) is 1.00. The van der Waals surface area contributed by atoms with E-state index in [2.05, 4.69) is 0 Å². The maximum absolute atomic E-state index is 9.63. The van der Waals surface area contributed by atoms with Crippen LogP contribution in [-0.4, -0.2) is 39.8 Å². The van der Waals surface area contributed by atoms with Gasteiger partial charge in [-0.15, -0.1) is 0 Å². The third-order valence-electron chi connectivity index (χ3n) is 0. The molecule has 0 unspecified atom stereocenters. The molecule has 0 bridgehead atoms. The van der Waals surface area contributed by atoms with Crippen LogP contribution in [0.4, 0.5) is 0 Å². The topological polar surface area (TPSA) is 34.1 Å². The quantitative estimate of drug-likeness (QED) is 0.368. The molecule has 0 N–H and O–H groups in total. The standard InChI is InChI=1S/C2H6O2S.Li.H/c1-5(2,3)4;;/h1-2H3;;. The summed E-state index contributed by atoms with van der Waals surface area (Å²) in [4.78, 5) is 0. The number of rotatable bonds is 0. The van der Waals surface area contributed by atoms with Gasteiger partial charge < -0.3 is 0 Å². The minimum absolute atomic E-state index is 0. The molecule has 0 aliphatic carbocycles. The molecule has 0 heterocycles. The van der Waals surface area contributed by atoms with Crippen LogP contribution in [0.15, 0.2) is 0 Å². The summed E-state index contributed by atoms with van der Waals surface area (Å²) >= 11 is 0. The predicted molar refractivity (Wildman–Crippen MR) is 27.9 cm³/mol. The first-order chi connectivity index (χ1) is 2.00. The van der Waals surface area contributed by atoms with E-state index in [9.17, 15) is 8.42 Å². The normalized spacial score (nSPS) is 9.67. The van der Waals surface area contributed by atoms with Gasteiger partial charge >= 0.3 is 18.9 Å². The van der Waals surface area contributed by atoms with E-state index >= 15 is 0 Å². The Morgan fingerprint density at radius 2 is 1.17 bits per heavy atom. The third-order valence-corrected chi connectivity index (χ3v) is 0. The summed E-state index contributed by atoms with van der Waals surface area (Å²) in [5.41, 5.74) is 0. The summed E-state index contributed by atoms with van der Waals surface area (Å²) in [7, 11) is -2.67. The van der Waals surface area contributed by atoms with Crippen molar-refractivity contribution in [1.29, 1.82) is 0 Å². The molecule has 6 heavy (non-hydrogen) atoms. The van der Waals surface area contributed by atoms with E-state index in [1.165, 1.54) is 0 Å². The molecular formula is C2H7LiO2S. The van der Waals surface area contributed by atoms with E-state index in [-0.39, 0.29) is 18.9 Å². The van der Waals surface area contributed by atoms with Gasteiger partial charge in [0.25, 0.3) is 0 Å². The van der Waals surface area contributed by atoms with Gasteiger partial charge in [-0.05, 0) is 0 Å². The second kappa shape index (κ2) is 2.68. The SMILES string of the molecule is CS(C)(=O)=O.[LiH]. The summed E-state index contributed by atoms with van der Waals surface area (Å²) < 4.78 is 19.3. The molecule has 0 rings (SSSR count). The van der Waals surface area contributed by atoms with Crippen molar-refractivity contribution in [2.24, 2.45) is 0 Å². The molecule has 34 valence electrons. The van der Waals surface area contributed by atoms with Crippen molar-refractivity contribution < 1.29 is 8.42 Å². The first-order valence-electron chi connectivity index (χ1n) is 1.15. The molecule has 0 aliphatic heterocycles. The predicted octanol–water partition coefficient (Wildman–Crippen LogP) is -0.988. The van der Waals surface area contributed by atoms with E-state index < -0.39 is 9.84 Å². The summed E-state index contributed by atoms with van der Waals surface area (Å²) in [5.74, 6) is 0. The van der Waals surface area contributed by atoms with E-state index in [0.29, 0.717) is 0 Å². The monoisotopic (exact) mass is 102 g/mol. The summed E-state index contributed by atoms with van der Waals surface area (Å²) in [6.07, 6.45) is 2.32. The van der Waals surface area contributed by atoms with Crippen molar-refractivity contribution in [2.75, 3.05) is 12.5 Å². The molecule has 0 aromatic heterocycles. The zero-order chi connectivity index (χ0) is 4.50. The number of sulfone groups is 1. The van der Waals surface area contributed by atoms with Gasteiger partial charge in [-0.2, -0.15) is 0 Å². The van der Waals surface area contributed by atoms with Gasteiger partial charge in [0.15, 0.2) is 0 Å². The summed E-state index contributed by atoms with van der Waals surface area (Å²) in [6.45, 7) is 0. The summed E-state index contributed by atoms with van der Waals surface area (Å²) in [6, 6.07) is 0. The molecule has 0 aromatic carbocycles. The van der Waals surface area contributed by atoms with Crippen molar-refractivity contribution in [3.63, 3.8) is 0 Å². The van der Waals surface area contributed by atoms with Crippen LogP contribution in [-0.2, 0) is 9.84 Å². The minimum atomic E-state index is -2.67. The van der Waals surface area contributed by atoms with Gasteiger partial charge in [0.2, 0.25) is 0 Å². The van der Waals surface area contributed by atoms with Crippen LogP contribution >= 0.6 is 0 Å². The van der Waals surface area contributed by atoms with Crippen LogP contribution in [0.5, 0.6) is 0 Å². The number of hydrogen-bond donors (Lipinski definition) is 0. The van der Waals surface area contributed by atoms with Crippen molar-refractivity contribution in [1.82, 2.24) is 0 Å². The van der Waals surface area contributed by atoms with Crippen LogP contribution in [0, 0.1) is 0 Å². The summed E-state index contributed by atoms with van der Waals surface area (Å²) in [5, 5.41) is 0. The molecule has 0 amide bonds. The fourth-order valence-electron chi connectivity index (χ4n) is 0. The molecule has 0 saturated carbocycles. The van der Waals surface area contributed by atoms with Crippen molar-refractivity contribution in [2.45, 2.75) is 0 Å². The Labute approximate surface area is 50.0 Å². The molecule has 0 fully saturated rings. The van der Waals surface area contributed by atoms with E-state index in [0.717, 1.165) is 12.5 Å². The Morgan fingerprint density at radius 3 is 1.17 bits per heavy atom. The Hall–Kier alpha value is 0.547. The van der Waals surface area contributed by atoms with Gasteiger partial charge in [-0.25, -0.2) is 8.42 Å². The maximum atomic E-state index is 9.63. The Kier molecular flexibility index (Phi) is 4.35. The molecule has 0 aliphatic rings. The molecule has 4 heteroatoms. The molecule has 0 saturated heterocycles. The second-order valence-electron chi connectivity index (χ2n) is 1.14. The molecule has 0 radical (unpaired) electrons. The van der Waals surface area contributed by atoms with Crippen LogP contribution in [0.2, 0.25) is 0 Å². The zero-order valence-corrected chi connectivity index (χ0v) is 4.04. The van der Waals surface area contributed by atoms with Crippen LogP contribution in [0.1, 0.15) is 0 Å². The van der Waals surface area contributed by atoms with Crippen LogP contribution < -0.4 is 0 Å². The zero-order valence-electron chi connectivity index (χ0n) is 3.22. The molecular weight excluding hydrogens is 95.0 g/mol. The van der Waals surface area contributed by atoms with E-state index in [1.807, 2.05) is 0 Å². The Balaban J connectivity index is 0. The third kappa shape index (κ3) is 191. The molecule has 0 aromatic rings. The Bertz CT molecular complexity index is 94.7. The fourth-order valence-corrected chi connectivity index (χ4v) is 0. The van der Waals surface area contributed by atoms with E-state index in [4.69, 9.17) is 0 Å². The van der Waals surface area contributed by atoms with Gasteiger partial charge in [0.1, 0.15) is 9.84 Å². The second-order valence-corrected chi connectivity index (χ2v) is 3.43. The van der Waals surface area contributed by atoms with E-state index in [1.54, 1.807) is 0 Å². The average molecular weight is 102 g/mol.